The molecular formula is C14H16N2O6S. The van der Waals surface area contributed by atoms with E-state index in [4.69, 9.17) is 4.74 Å². The highest BCUT2D eigenvalue weighted by molar-refractivity contribution is 7.99. The van der Waals surface area contributed by atoms with Crippen LogP contribution in [-0.2, 0) is 20.8 Å². The van der Waals surface area contributed by atoms with Gasteiger partial charge in [0.15, 0.2) is 0 Å². The van der Waals surface area contributed by atoms with Crippen LogP contribution in [0.1, 0.15) is 5.56 Å². The van der Waals surface area contributed by atoms with E-state index >= 15 is 0 Å². The summed E-state index contributed by atoms with van der Waals surface area (Å²) < 4.78 is 9.77. The molecule has 0 aliphatic carbocycles. The van der Waals surface area contributed by atoms with Gasteiger partial charge in [0, 0.05) is 24.4 Å². The maximum Gasteiger partial charge on any atom is 0.410 e. The first kappa shape index (κ1) is 17.1. The summed E-state index contributed by atoms with van der Waals surface area (Å²) in [6.45, 7) is 0.749. The molecule has 2 rings (SSSR count). The van der Waals surface area contributed by atoms with Gasteiger partial charge in [-0.25, -0.2) is 4.79 Å². The number of nitro benzene ring substituents is 1. The van der Waals surface area contributed by atoms with Gasteiger partial charge in [-0.3, -0.25) is 14.9 Å². The number of nitro groups is 1. The fraction of sp³-hybridized carbons (Fsp3) is 0.429. The third kappa shape index (κ3) is 4.85. The summed E-state index contributed by atoms with van der Waals surface area (Å²) in [6, 6.07) is 6.04. The molecule has 1 heterocycles. The zero-order valence-corrected chi connectivity index (χ0v) is 13.3. The van der Waals surface area contributed by atoms with Crippen LogP contribution >= 0.6 is 11.8 Å². The third-order valence-electron chi connectivity index (χ3n) is 3.22. The average Bonchev–Trinajstić information content (AvgIpc) is 2.87. The van der Waals surface area contributed by atoms with Crippen molar-refractivity contribution in [2.45, 2.75) is 12.6 Å². The second kappa shape index (κ2) is 7.82. The number of hydrogen-bond donors (Lipinski definition) is 0. The van der Waals surface area contributed by atoms with Crippen molar-refractivity contribution in [1.82, 2.24) is 4.90 Å². The molecule has 1 saturated heterocycles. The molecule has 0 bridgehead atoms. The number of methoxy groups -OCH3 is 1. The molecule has 0 N–H and O–H groups in total. The Labute approximate surface area is 136 Å². The summed E-state index contributed by atoms with van der Waals surface area (Å²) in [5.41, 5.74) is 0.797. The van der Waals surface area contributed by atoms with Gasteiger partial charge in [-0.15, -0.1) is 11.8 Å². The number of benzene rings is 1. The summed E-state index contributed by atoms with van der Waals surface area (Å²) >= 11 is 1.35. The minimum atomic E-state index is -0.470. The molecular weight excluding hydrogens is 324 g/mol. The molecule has 8 nitrogen and oxygen atoms in total. The minimum absolute atomic E-state index is 0.00911. The van der Waals surface area contributed by atoms with Crippen LogP contribution in [0.4, 0.5) is 10.5 Å². The molecule has 0 radical (unpaired) electrons. The van der Waals surface area contributed by atoms with E-state index in [1.807, 2.05) is 0 Å². The summed E-state index contributed by atoms with van der Waals surface area (Å²) in [5.74, 6) is 0.409. The summed E-state index contributed by atoms with van der Waals surface area (Å²) in [6.07, 6.45) is -0.706. The zero-order valence-electron chi connectivity index (χ0n) is 12.5. The Morgan fingerprint density at radius 2 is 2.17 bits per heavy atom. The van der Waals surface area contributed by atoms with E-state index < -0.39 is 11.0 Å². The fourth-order valence-corrected chi connectivity index (χ4v) is 2.91. The van der Waals surface area contributed by atoms with Crippen LogP contribution in [0.25, 0.3) is 0 Å². The zero-order chi connectivity index (χ0) is 16.8. The molecule has 1 amide bonds. The molecule has 1 atom stereocenters. The van der Waals surface area contributed by atoms with Crippen molar-refractivity contribution < 1.29 is 24.0 Å². The van der Waals surface area contributed by atoms with Gasteiger partial charge in [-0.05, 0) is 5.56 Å². The number of nitrogens with zero attached hydrogens (tertiary/aromatic N) is 2. The van der Waals surface area contributed by atoms with Crippen LogP contribution in [-0.4, -0.2) is 53.1 Å². The van der Waals surface area contributed by atoms with Crippen molar-refractivity contribution in [2.24, 2.45) is 0 Å². The van der Waals surface area contributed by atoms with Gasteiger partial charge >= 0.3 is 12.1 Å². The first-order valence-corrected chi connectivity index (χ1v) is 7.98. The standard InChI is InChI=1S/C14H16N2O6S/c1-21-13(17)9-23-8-12-7-15(14(18)22-12)6-10-2-4-11(5-3-10)16(19)20/h2-5,12H,6-9H2,1H3/t12-/m1/s1. The SMILES string of the molecule is COC(=O)CSC[C@H]1CN(Cc2ccc([N+](=O)[O-])cc2)C(=O)O1. The predicted octanol–water partition coefficient (Wildman–Crippen LogP) is 1.82. The summed E-state index contributed by atoms with van der Waals surface area (Å²) in [7, 11) is 1.32. The minimum Gasteiger partial charge on any atom is -0.468 e. The van der Waals surface area contributed by atoms with Gasteiger partial charge in [0.05, 0.1) is 24.3 Å². The van der Waals surface area contributed by atoms with Crippen molar-refractivity contribution in [3.05, 3.63) is 39.9 Å². The van der Waals surface area contributed by atoms with Gasteiger partial charge in [0.1, 0.15) is 6.10 Å². The molecule has 1 aliphatic rings. The molecule has 0 spiro atoms. The van der Waals surface area contributed by atoms with Crippen molar-refractivity contribution in [2.75, 3.05) is 25.2 Å². The highest BCUT2D eigenvalue weighted by atomic mass is 32.2. The Kier molecular flexibility index (Phi) is 5.80. The molecule has 1 fully saturated rings. The molecule has 0 aromatic heterocycles. The van der Waals surface area contributed by atoms with Gasteiger partial charge in [0.25, 0.3) is 5.69 Å². The van der Waals surface area contributed by atoms with Crippen LogP contribution in [0, 0.1) is 10.1 Å². The molecule has 0 saturated carbocycles. The molecule has 1 aromatic rings. The van der Waals surface area contributed by atoms with Gasteiger partial charge in [-0.2, -0.15) is 0 Å². The largest absolute Gasteiger partial charge is 0.468 e. The van der Waals surface area contributed by atoms with Crippen molar-refractivity contribution >= 4 is 29.5 Å². The lowest BCUT2D eigenvalue weighted by atomic mass is 10.2. The topological polar surface area (TPSA) is 99.0 Å². The number of cyclic esters (lactones) is 1. The highest BCUT2D eigenvalue weighted by Crippen LogP contribution is 2.20. The monoisotopic (exact) mass is 340 g/mol. The van der Waals surface area contributed by atoms with Crippen LogP contribution < -0.4 is 0 Å². The van der Waals surface area contributed by atoms with E-state index in [1.165, 1.54) is 35.9 Å². The van der Waals surface area contributed by atoms with Gasteiger partial charge < -0.3 is 14.4 Å². The first-order valence-electron chi connectivity index (χ1n) is 6.83. The first-order chi connectivity index (χ1) is 11.0. The molecule has 124 valence electrons. The Morgan fingerprint density at radius 1 is 1.48 bits per heavy atom. The predicted molar refractivity (Wildman–Crippen MR) is 83.1 cm³/mol. The van der Waals surface area contributed by atoms with Crippen LogP contribution in [0.5, 0.6) is 0 Å². The summed E-state index contributed by atoms with van der Waals surface area (Å²) in [5, 5.41) is 10.6. The average molecular weight is 340 g/mol. The quantitative estimate of drug-likeness (QED) is 0.424. The highest BCUT2D eigenvalue weighted by Gasteiger charge is 2.31. The number of non-ortho nitro benzene ring substituents is 1. The van der Waals surface area contributed by atoms with Crippen molar-refractivity contribution in [3.8, 4) is 0 Å². The van der Waals surface area contributed by atoms with Gasteiger partial charge in [0.2, 0.25) is 0 Å². The number of carbonyl (C=O) groups excluding carboxylic acids is 2. The smallest absolute Gasteiger partial charge is 0.410 e. The lowest BCUT2D eigenvalue weighted by Crippen LogP contribution is -2.25. The Bertz CT molecular complexity index is 591. The van der Waals surface area contributed by atoms with Crippen LogP contribution in [0.2, 0.25) is 0 Å². The maximum absolute atomic E-state index is 11.8. The van der Waals surface area contributed by atoms with E-state index in [1.54, 1.807) is 12.1 Å². The number of thioether (sulfide) groups is 1. The van der Waals surface area contributed by atoms with Crippen LogP contribution in [0.3, 0.4) is 0 Å². The van der Waals surface area contributed by atoms with E-state index in [0.29, 0.717) is 18.8 Å². The number of rotatable bonds is 7. The Hall–Kier alpha value is -2.29. The Morgan fingerprint density at radius 3 is 2.78 bits per heavy atom. The van der Waals surface area contributed by atoms with E-state index in [-0.39, 0.29) is 23.5 Å². The fourth-order valence-electron chi connectivity index (χ4n) is 2.07. The lowest BCUT2D eigenvalue weighted by molar-refractivity contribution is -0.384. The van der Waals surface area contributed by atoms with Gasteiger partial charge in [-0.1, -0.05) is 12.1 Å². The van der Waals surface area contributed by atoms with E-state index in [2.05, 4.69) is 4.74 Å². The maximum atomic E-state index is 11.8. The number of amides is 1. The van der Waals surface area contributed by atoms with Crippen LogP contribution in [0.15, 0.2) is 24.3 Å². The van der Waals surface area contributed by atoms with Crippen molar-refractivity contribution in [3.63, 3.8) is 0 Å². The summed E-state index contributed by atoms with van der Waals surface area (Å²) in [4.78, 5) is 34.5. The number of hydrogen-bond acceptors (Lipinski definition) is 7. The van der Waals surface area contributed by atoms with E-state index in [0.717, 1.165) is 5.56 Å². The molecule has 9 heteroatoms. The second-order valence-corrected chi connectivity index (χ2v) is 5.93. The number of ether oxygens (including phenoxy) is 2. The van der Waals surface area contributed by atoms with Crippen molar-refractivity contribution in [1.29, 1.82) is 0 Å². The second-order valence-electron chi connectivity index (χ2n) is 4.90. The Balaban J connectivity index is 1.83. The number of carbonyl (C=O) groups is 2. The molecule has 1 aromatic carbocycles. The lowest BCUT2D eigenvalue weighted by Gasteiger charge is -2.12. The van der Waals surface area contributed by atoms with E-state index in [9.17, 15) is 19.7 Å². The number of esters is 1. The molecule has 23 heavy (non-hydrogen) atoms. The normalized spacial score (nSPS) is 17.0. The molecule has 1 aliphatic heterocycles. The molecule has 0 unspecified atom stereocenters. The third-order valence-corrected chi connectivity index (χ3v) is 4.27.